The molecule has 0 unspecified atom stereocenters. The number of nitrogens with one attached hydrogen (secondary N) is 2. The molecule has 0 aliphatic carbocycles. The van der Waals surface area contributed by atoms with Crippen LogP contribution in [0.3, 0.4) is 0 Å². The Bertz CT molecular complexity index is 536. The molecule has 0 aliphatic heterocycles. The average molecular weight is 266 g/mol. The van der Waals surface area contributed by atoms with Crippen molar-refractivity contribution < 1.29 is 9.59 Å². The fraction of sp³-hybridized carbons (Fsp3) is 0.500. The molecule has 1 rings (SSSR count). The van der Waals surface area contributed by atoms with Crippen LogP contribution in [0.15, 0.2) is 11.1 Å². The molecule has 0 aliphatic rings. The highest BCUT2D eigenvalue weighted by Crippen LogP contribution is 1.94. The van der Waals surface area contributed by atoms with Gasteiger partial charge in [-0.2, -0.15) is 0 Å². The molecule has 0 saturated heterocycles. The molecule has 0 spiro atoms. The minimum absolute atomic E-state index is 0.0601. The molecule has 0 atom stereocenters. The number of hydrogen-bond donors (Lipinski definition) is 2. The Morgan fingerprint density at radius 2 is 2.00 bits per heavy atom. The number of carbonyl (C=O) groups is 2. The molecule has 7 nitrogen and oxygen atoms in total. The van der Waals surface area contributed by atoms with Crippen molar-refractivity contribution >= 4 is 11.8 Å². The number of aryl methyl sites for hydroxylation is 1. The summed E-state index contributed by atoms with van der Waals surface area (Å²) in [5.41, 5.74) is 1.20. The Labute approximate surface area is 111 Å². The van der Waals surface area contributed by atoms with Gasteiger partial charge in [-0.3, -0.25) is 19.0 Å². The first-order valence-electron chi connectivity index (χ1n) is 5.95. The van der Waals surface area contributed by atoms with Crippen molar-refractivity contribution in [2.24, 2.45) is 0 Å². The predicted molar refractivity (Wildman–Crippen MR) is 69.7 cm³/mol. The molecule has 7 heteroatoms. The van der Waals surface area contributed by atoms with E-state index in [1.54, 1.807) is 13.8 Å². The summed E-state index contributed by atoms with van der Waals surface area (Å²) in [6.07, 6.45) is 1.46. The highest BCUT2D eigenvalue weighted by Gasteiger charge is 2.05. The molecule has 0 radical (unpaired) electrons. The molecule has 0 aromatic carbocycles. The largest absolute Gasteiger partial charge is 0.353 e. The van der Waals surface area contributed by atoms with E-state index in [0.717, 1.165) is 0 Å². The van der Waals surface area contributed by atoms with Crippen LogP contribution < -0.4 is 16.2 Å². The van der Waals surface area contributed by atoms with E-state index in [0.29, 0.717) is 24.3 Å². The highest BCUT2D eigenvalue weighted by atomic mass is 16.2. The lowest BCUT2D eigenvalue weighted by Crippen LogP contribution is -2.38. The molecule has 104 valence electrons. The van der Waals surface area contributed by atoms with Crippen LogP contribution >= 0.6 is 0 Å². The number of hydrogen-bond acceptors (Lipinski definition) is 4. The first-order valence-corrected chi connectivity index (χ1v) is 5.95. The van der Waals surface area contributed by atoms with E-state index in [4.69, 9.17) is 0 Å². The summed E-state index contributed by atoms with van der Waals surface area (Å²) in [5.74, 6) is -0.551. The average Bonchev–Trinajstić information content (AvgIpc) is 2.36. The number of nitrogens with zero attached hydrogens (tertiary/aromatic N) is 2. The van der Waals surface area contributed by atoms with Gasteiger partial charge in [0.05, 0.1) is 12.9 Å². The van der Waals surface area contributed by atoms with E-state index >= 15 is 0 Å². The molecule has 1 aromatic rings. The van der Waals surface area contributed by atoms with Crippen molar-refractivity contribution in [2.75, 3.05) is 13.1 Å². The number of aromatic nitrogens is 2. The maximum Gasteiger partial charge on any atom is 0.256 e. The van der Waals surface area contributed by atoms with Crippen LogP contribution in [0.2, 0.25) is 0 Å². The first-order chi connectivity index (χ1) is 8.91. The summed E-state index contributed by atoms with van der Waals surface area (Å²) < 4.78 is 1.45. The zero-order valence-corrected chi connectivity index (χ0v) is 11.3. The van der Waals surface area contributed by atoms with Crippen LogP contribution in [0.1, 0.15) is 18.2 Å². The predicted octanol–water partition coefficient (Wildman–Crippen LogP) is -0.888. The van der Waals surface area contributed by atoms with Gasteiger partial charge in [-0.25, -0.2) is 4.98 Å². The van der Waals surface area contributed by atoms with Crippen LogP contribution in [0.25, 0.3) is 0 Å². The maximum absolute atomic E-state index is 11.8. The van der Waals surface area contributed by atoms with Crippen LogP contribution in [-0.4, -0.2) is 34.5 Å². The van der Waals surface area contributed by atoms with Gasteiger partial charge in [0.2, 0.25) is 11.8 Å². The summed E-state index contributed by atoms with van der Waals surface area (Å²) in [6.45, 7) is 5.43. The fourth-order valence-corrected chi connectivity index (χ4v) is 1.42. The third-order valence-corrected chi connectivity index (χ3v) is 2.69. The Morgan fingerprint density at radius 3 is 2.63 bits per heavy atom. The van der Waals surface area contributed by atoms with Crippen molar-refractivity contribution in [1.82, 2.24) is 20.2 Å². The summed E-state index contributed by atoms with van der Waals surface area (Å²) in [5, 5.41) is 5.00. The van der Waals surface area contributed by atoms with Crippen molar-refractivity contribution in [3.8, 4) is 0 Å². The Morgan fingerprint density at radius 1 is 1.32 bits per heavy atom. The van der Waals surface area contributed by atoms with Crippen molar-refractivity contribution in [2.45, 2.75) is 27.3 Å². The lowest BCUT2D eigenvalue weighted by Gasteiger charge is -2.09. The normalized spacial score (nSPS) is 10.1. The van der Waals surface area contributed by atoms with Crippen LogP contribution in [0.4, 0.5) is 0 Å². The van der Waals surface area contributed by atoms with Gasteiger partial charge >= 0.3 is 0 Å². The Hall–Kier alpha value is -2.18. The van der Waals surface area contributed by atoms with Crippen LogP contribution in [0.5, 0.6) is 0 Å². The maximum atomic E-state index is 11.8. The lowest BCUT2D eigenvalue weighted by atomic mass is 10.3. The lowest BCUT2D eigenvalue weighted by molar-refractivity contribution is -0.125. The molecule has 2 amide bonds. The van der Waals surface area contributed by atoms with Gasteiger partial charge < -0.3 is 10.6 Å². The van der Waals surface area contributed by atoms with Gasteiger partial charge in [0.25, 0.3) is 5.56 Å². The van der Waals surface area contributed by atoms with Gasteiger partial charge in [-0.15, -0.1) is 0 Å². The Balaban J connectivity index is 2.46. The van der Waals surface area contributed by atoms with Crippen molar-refractivity contribution in [3.63, 3.8) is 0 Å². The van der Waals surface area contributed by atoms with E-state index in [1.165, 1.54) is 17.8 Å². The van der Waals surface area contributed by atoms with Gasteiger partial charge in [0, 0.05) is 31.3 Å². The van der Waals surface area contributed by atoms with Gasteiger partial charge in [0.1, 0.15) is 0 Å². The molecule has 0 saturated carbocycles. The fourth-order valence-electron chi connectivity index (χ4n) is 1.42. The molecule has 0 bridgehead atoms. The quantitative estimate of drug-likeness (QED) is 0.723. The first kappa shape index (κ1) is 14.9. The second kappa shape index (κ2) is 6.67. The SMILES string of the molecule is CC(=O)NCC(=O)NCCn1cnc(C)c(C)c1=O. The number of rotatable bonds is 5. The summed E-state index contributed by atoms with van der Waals surface area (Å²) >= 11 is 0. The highest BCUT2D eigenvalue weighted by molar-refractivity contribution is 5.83. The monoisotopic (exact) mass is 266 g/mol. The minimum Gasteiger partial charge on any atom is -0.353 e. The third-order valence-electron chi connectivity index (χ3n) is 2.69. The second-order valence-corrected chi connectivity index (χ2v) is 4.21. The number of amides is 2. The standard InChI is InChI=1S/C12H18N4O3/c1-8-9(2)15-7-16(12(8)19)5-4-13-11(18)6-14-10(3)17/h7H,4-6H2,1-3H3,(H,13,18)(H,14,17). The topological polar surface area (TPSA) is 93.1 Å². The summed E-state index contributed by atoms with van der Waals surface area (Å²) in [7, 11) is 0. The molecule has 19 heavy (non-hydrogen) atoms. The third kappa shape index (κ3) is 4.53. The zero-order valence-electron chi connectivity index (χ0n) is 11.3. The molecular formula is C12H18N4O3. The molecular weight excluding hydrogens is 248 g/mol. The molecule has 1 aromatic heterocycles. The summed E-state index contributed by atoms with van der Waals surface area (Å²) in [6, 6.07) is 0. The van der Waals surface area contributed by atoms with E-state index < -0.39 is 0 Å². The van der Waals surface area contributed by atoms with Gasteiger partial charge in [0.15, 0.2) is 0 Å². The van der Waals surface area contributed by atoms with Crippen LogP contribution in [0, 0.1) is 13.8 Å². The van der Waals surface area contributed by atoms with Crippen molar-refractivity contribution in [1.29, 1.82) is 0 Å². The van der Waals surface area contributed by atoms with Crippen LogP contribution in [-0.2, 0) is 16.1 Å². The number of carbonyl (C=O) groups excluding carboxylic acids is 2. The van der Waals surface area contributed by atoms with E-state index in [-0.39, 0.29) is 23.9 Å². The molecule has 0 fully saturated rings. The van der Waals surface area contributed by atoms with Crippen molar-refractivity contribution in [3.05, 3.63) is 27.9 Å². The second-order valence-electron chi connectivity index (χ2n) is 4.21. The molecule has 1 heterocycles. The minimum atomic E-state index is -0.292. The Kier molecular flexibility index (Phi) is 5.23. The van der Waals surface area contributed by atoms with E-state index in [9.17, 15) is 14.4 Å². The van der Waals surface area contributed by atoms with Gasteiger partial charge in [-0.05, 0) is 13.8 Å². The van der Waals surface area contributed by atoms with Gasteiger partial charge in [-0.1, -0.05) is 0 Å². The van der Waals surface area contributed by atoms with E-state index in [1.807, 2.05) is 0 Å². The van der Waals surface area contributed by atoms with E-state index in [2.05, 4.69) is 15.6 Å². The summed E-state index contributed by atoms with van der Waals surface area (Å²) in [4.78, 5) is 37.9. The smallest absolute Gasteiger partial charge is 0.256 e. The zero-order chi connectivity index (χ0) is 14.4. The molecule has 2 N–H and O–H groups in total.